The van der Waals surface area contributed by atoms with E-state index in [1.54, 1.807) is 0 Å². The van der Waals surface area contributed by atoms with E-state index in [0.29, 0.717) is 11.8 Å². The van der Waals surface area contributed by atoms with Gasteiger partial charge in [-0.15, -0.1) is 0 Å². The minimum absolute atomic E-state index is 0.423. The molecule has 2 unspecified atom stereocenters. The van der Waals surface area contributed by atoms with Crippen LogP contribution in [-0.4, -0.2) is 47.1 Å². The first-order valence-electron chi connectivity index (χ1n) is 8.61. The summed E-state index contributed by atoms with van der Waals surface area (Å²) in [5.41, 5.74) is 2.85. The zero-order valence-electron chi connectivity index (χ0n) is 12.8. The van der Waals surface area contributed by atoms with Crippen molar-refractivity contribution < 1.29 is 5.11 Å². The highest BCUT2D eigenvalue weighted by Gasteiger charge is 2.33. The Bertz CT molecular complexity index is 516. The van der Waals surface area contributed by atoms with E-state index in [9.17, 15) is 5.11 Å². The standard InChI is InChI=1S/C18H26N2O/c21-16-7-8-17-14(12-16)4-1-6-18(17)20-11-3-10-19-9-2-5-15(19)13-20/h7-8,12,15,18,21H,1-6,9-11,13H2. The monoisotopic (exact) mass is 286 g/mol. The second-order valence-electron chi connectivity index (χ2n) is 6.97. The summed E-state index contributed by atoms with van der Waals surface area (Å²) in [6, 6.07) is 7.40. The first-order valence-corrected chi connectivity index (χ1v) is 8.61. The van der Waals surface area contributed by atoms with Crippen molar-refractivity contribution in [2.45, 2.75) is 50.6 Å². The lowest BCUT2D eigenvalue weighted by atomic mass is 9.86. The topological polar surface area (TPSA) is 26.7 Å². The van der Waals surface area contributed by atoms with Crippen molar-refractivity contribution in [3.8, 4) is 5.75 Å². The maximum atomic E-state index is 9.73. The van der Waals surface area contributed by atoms with Crippen LogP contribution in [0.15, 0.2) is 18.2 Å². The number of aromatic hydroxyl groups is 1. The van der Waals surface area contributed by atoms with E-state index in [4.69, 9.17) is 0 Å². The molecule has 2 saturated heterocycles. The fourth-order valence-electron chi connectivity index (χ4n) is 4.67. The molecule has 2 fully saturated rings. The zero-order chi connectivity index (χ0) is 14.2. The predicted octanol–water partition coefficient (Wildman–Crippen LogP) is 2.94. The van der Waals surface area contributed by atoms with E-state index in [0.717, 1.165) is 12.5 Å². The summed E-state index contributed by atoms with van der Waals surface area (Å²) < 4.78 is 0. The van der Waals surface area contributed by atoms with E-state index in [2.05, 4.69) is 15.9 Å². The van der Waals surface area contributed by atoms with Crippen LogP contribution in [-0.2, 0) is 6.42 Å². The number of nitrogens with zero attached hydrogens (tertiary/aromatic N) is 2. The lowest BCUT2D eigenvalue weighted by Gasteiger charge is -2.36. The molecular weight excluding hydrogens is 260 g/mol. The number of phenolic OH excluding ortho intramolecular Hbond substituents is 1. The Kier molecular flexibility index (Phi) is 3.64. The summed E-state index contributed by atoms with van der Waals surface area (Å²) in [6.45, 7) is 5.08. The Morgan fingerprint density at radius 3 is 2.76 bits per heavy atom. The molecule has 4 rings (SSSR count). The maximum Gasteiger partial charge on any atom is 0.115 e. The molecule has 1 aliphatic carbocycles. The van der Waals surface area contributed by atoms with Crippen LogP contribution in [0.1, 0.15) is 49.3 Å². The number of benzene rings is 1. The summed E-state index contributed by atoms with van der Waals surface area (Å²) in [6.07, 6.45) is 7.74. The summed E-state index contributed by atoms with van der Waals surface area (Å²) in [4.78, 5) is 5.45. The van der Waals surface area contributed by atoms with Gasteiger partial charge in [-0.25, -0.2) is 0 Å². The van der Waals surface area contributed by atoms with Crippen LogP contribution in [0.2, 0.25) is 0 Å². The Labute approximate surface area is 127 Å². The third-order valence-corrected chi connectivity index (χ3v) is 5.68. The van der Waals surface area contributed by atoms with Gasteiger partial charge < -0.3 is 5.11 Å². The summed E-state index contributed by atoms with van der Waals surface area (Å²) in [5, 5.41) is 9.73. The number of hydrogen-bond donors (Lipinski definition) is 1. The molecule has 3 heteroatoms. The molecule has 2 heterocycles. The molecule has 1 N–H and O–H groups in total. The van der Waals surface area contributed by atoms with Gasteiger partial charge in [-0.1, -0.05) is 6.07 Å². The van der Waals surface area contributed by atoms with Crippen LogP contribution in [0.25, 0.3) is 0 Å². The smallest absolute Gasteiger partial charge is 0.115 e. The summed E-state index contributed by atoms with van der Waals surface area (Å²) >= 11 is 0. The Hall–Kier alpha value is -1.06. The maximum absolute atomic E-state index is 9.73. The summed E-state index contributed by atoms with van der Waals surface area (Å²) in [5.74, 6) is 0.423. The number of hydrogen-bond acceptors (Lipinski definition) is 3. The van der Waals surface area contributed by atoms with E-state index in [1.165, 1.54) is 69.4 Å². The molecule has 0 radical (unpaired) electrons. The van der Waals surface area contributed by atoms with Crippen molar-refractivity contribution >= 4 is 0 Å². The predicted molar refractivity (Wildman–Crippen MR) is 84.6 cm³/mol. The van der Waals surface area contributed by atoms with E-state index < -0.39 is 0 Å². The average Bonchev–Trinajstić information content (AvgIpc) is 2.83. The highest BCUT2D eigenvalue weighted by atomic mass is 16.3. The van der Waals surface area contributed by atoms with Gasteiger partial charge in [0.25, 0.3) is 0 Å². The van der Waals surface area contributed by atoms with Crippen molar-refractivity contribution in [2.24, 2.45) is 0 Å². The molecular formula is C18H26N2O. The first-order chi connectivity index (χ1) is 10.3. The molecule has 21 heavy (non-hydrogen) atoms. The Balaban J connectivity index is 1.59. The normalized spacial score (nSPS) is 30.7. The molecule has 3 nitrogen and oxygen atoms in total. The molecule has 114 valence electrons. The SMILES string of the molecule is Oc1ccc2c(c1)CCCC2N1CCCN2CCCC2C1. The lowest BCUT2D eigenvalue weighted by molar-refractivity contribution is 0.159. The fourth-order valence-corrected chi connectivity index (χ4v) is 4.67. The van der Waals surface area contributed by atoms with Crippen LogP contribution in [0.4, 0.5) is 0 Å². The Morgan fingerprint density at radius 2 is 1.81 bits per heavy atom. The van der Waals surface area contributed by atoms with Crippen molar-refractivity contribution in [1.82, 2.24) is 9.80 Å². The highest BCUT2D eigenvalue weighted by Crippen LogP contribution is 2.37. The quantitative estimate of drug-likeness (QED) is 0.860. The lowest BCUT2D eigenvalue weighted by Crippen LogP contribution is -2.39. The van der Waals surface area contributed by atoms with Crippen LogP contribution < -0.4 is 0 Å². The van der Waals surface area contributed by atoms with Gasteiger partial charge in [0.2, 0.25) is 0 Å². The highest BCUT2D eigenvalue weighted by molar-refractivity contribution is 5.38. The minimum Gasteiger partial charge on any atom is -0.508 e. The largest absolute Gasteiger partial charge is 0.508 e. The van der Waals surface area contributed by atoms with Gasteiger partial charge in [0, 0.05) is 25.2 Å². The molecule has 1 aromatic carbocycles. The second kappa shape index (κ2) is 5.62. The zero-order valence-corrected chi connectivity index (χ0v) is 12.8. The second-order valence-corrected chi connectivity index (χ2v) is 6.97. The molecule has 0 aromatic heterocycles. The minimum atomic E-state index is 0.423. The van der Waals surface area contributed by atoms with E-state index in [-0.39, 0.29) is 0 Å². The van der Waals surface area contributed by atoms with Crippen molar-refractivity contribution in [2.75, 3.05) is 26.2 Å². The van der Waals surface area contributed by atoms with Gasteiger partial charge in [-0.3, -0.25) is 9.80 Å². The van der Waals surface area contributed by atoms with Crippen LogP contribution in [0, 0.1) is 0 Å². The van der Waals surface area contributed by atoms with Crippen molar-refractivity contribution in [1.29, 1.82) is 0 Å². The van der Waals surface area contributed by atoms with Gasteiger partial charge in [0.1, 0.15) is 5.75 Å². The first kappa shape index (κ1) is 13.6. The fraction of sp³-hybridized carbons (Fsp3) is 0.667. The van der Waals surface area contributed by atoms with Crippen LogP contribution >= 0.6 is 0 Å². The van der Waals surface area contributed by atoms with Crippen molar-refractivity contribution in [3.63, 3.8) is 0 Å². The van der Waals surface area contributed by atoms with Crippen LogP contribution in [0.5, 0.6) is 5.75 Å². The number of fused-ring (bicyclic) bond motifs is 2. The third kappa shape index (κ3) is 2.58. The number of phenols is 1. The molecule has 0 saturated carbocycles. The number of aryl methyl sites for hydroxylation is 1. The van der Waals surface area contributed by atoms with Gasteiger partial charge in [-0.05, 0) is 74.9 Å². The molecule has 3 aliphatic rings. The molecule has 2 aliphatic heterocycles. The molecule has 1 aromatic rings. The molecule has 0 amide bonds. The molecule has 0 spiro atoms. The molecule has 0 bridgehead atoms. The number of rotatable bonds is 1. The average molecular weight is 286 g/mol. The van der Waals surface area contributed by atoms with Crippen LogP contribution in [0.3, 0.4) is 0 Å². The van der Waals surface area contributed by atoms with Crippen molar-refractivity contribution in [3.05, 3.63) is 29.3 Å². The third-order valence-electron chi connectivity index (χ3n) is 5.68. The van der Waals surface area contributed by atoms with Gasteiger partial charge in [-0.2, -0.15) is 0 Å². The summed E-state index contributed by atoms with van der Waals surface area (Å²) in [7, 11) is 0. The van der Waals surface area contributed by atoms with E-state index >= 15 is 0 Å². The Morgan fingerprint density at radius 1 is 0.952 bits per heavy atom. The van der Waals surface area contributed by atoms with Gasteiger partial charge in [0.05, 0.1) is 0 Å². The molecule has 2 atom stereocenters. The van der Waals surface area contributed by atoms with Gasteiger partial charge in [0.15, 0.2) is 0 Å². The van der Waals surface area contributed by atoms with Gasteiger partial charge >= 0.3 is 0 Å². The van der Waals surface area contributed by atoms with E-state index in [1.807, 2.05) is 12.1 Å².